The first-order valence-electron chi connectivity index (χ1n) is 8.21. The van der Waals surface area contributed by atoms with Crippen LogP contribution < -0.4 is 4.74 Å². The van der Waals surface area contributed by atoms with Gasteiger partial charge in [-0.3, -0.25) is 0 Å². The first kappa shape index (κ1) is 17.3. The van der Waals surface area contributed by atoms with Crippen molar-refractivity contribution in [2.45, 2.75) is 38.5 Å². The van der Waals surface area contributed by atoms with Crippen LogP contribution in [0, 0.1) is 11.3 Å². The normalized spacial score (nSPS) is 11.0. The molecule has 0 fully saturated rings. The standard InChI is InChI=1S/C20H25NOSi/c1-23(2,3)15-5-4-14-22-20-12-10-19(11-13-20)18-8-6-17(16-21)7-9-18/h6-13H,4-5,14-15H2,1-3H3. The van der Waals surface area contributed by atoms with Gasteiger partial charge in [-0.05, 0) is 41.8 Å². The van der Waals surface area contributed by atoms with Gasteiger partial charge in [-0.1, -0.05) is 56.4 Å². The van der Waals surface area contributed by atoms with Crippen molar-refractivity contribution in [3.63, 3.8) is 0 Å². The second-order valence-corrected chi connectivity index (χ2v) is 12.7. The van der Waals surface area contributed by atoms with E-state index in [4.69, 9.17) is 10.00 Å². The molecule has 0 saturated carbocycles. The van der Waals surface area contributed by atoms with Crippen LogP contribution in [0.1, 0.15) is 18.4 Å². The molecule has 0 saturated heterocycles. The first-order chi connectivity index (χ1) is 11.0. The zero-order valence-corrected chi connectivity index (χ0v) is 15.3. The fourth-order valence-corrected chi connectivity index (χ4v) is 3.74. The van der Waals surface area contributed by atoms with Crippen LogP contribution >= 0.6 is 0 Å². The van der Waals surface area contributed by atoms with Gasteiger partial charge < -0.3 is 4.74 Å². The monoisotopic (exact) mass is 323 g/mol. The lowest BCUT2D eigenvalue weighted by atomic mass is 10.0. The van der Waals surface area contributed by atoms with Crippen molar-refractivity contribution < 1.29 is 4.74 Å². The Morgan fingerprint density at radius 3 is 1.96 bits per heavy atom. The Morgan fingerprint density at radius 2 is 1.43 bits per heavy atom. The summed E-state index contributed by atoms with van der Waals surface area (Å²) in [7, 11) is -0.914. The van der Waals surface area contributed by atoms with E-state index in [9.17, 15) is 0 Å². The number of rotatable bonds is 7. The van der Waals surface area contributed by atoms with Crippen molar-refractivity contribution >= 4 is 8.07 Å². The highest BCUT2D eigenvalue weighted by molar-refractivity contribution is 6.76. The smallest absolute Gasteiger partial charge is 0.119 e. The van der Waals surface area contributed by atoms with Crippen molar-refractivity contribution in [3.8, 4) is 22.9 Å². The quantitative estimate of drug-likeness (QED) is 0.482. The van der Waals surface area contributed by atoms with E-state index in [-0.39, 0.29) is 0 Å². The molecule has 0 amide bonds. The SMILES string of the molecule is C[Si](C)(C)CCCCOc1ccc(-c2ccc(C#N)cc2)cc1. The molecule has 2 aromatic rings. The Kier molecular flexibility index (Phi) is 6.01. The Bertz CT molecular complexity index is 648. The van der Waals surface area contributed by atoms with Gasteiger partial charge in [-0.25, -0.2) is 0 Å². The summed E-state index contributed by atoms with van der Waals surface area (Å²) in [5, 5.41) is 8.84. The van der Waals surface area contributed by atoms with Crippen molar-refractivity contribution in [1.82, 2.24) is 0 Å². The van der Waals surface area contributed by atoms with E-state index in [0.29, 0.717) is 5.56 Å². The van der Waals surface area contributed by atoms with Gasteiger partial charge in [0.05, 0.1) is 18.2 Å². The molecule has 0 spiro atoms. The Balaban J connectivity index is 1.83. The number of unbranched alkanes of at least 4 members (excludes halogenated alkanes) is 1. The van der Waals surface area contributed by atoms with Gasteiger partial charge in [0.1, 0.15) is 5.75 Å². The van der Waals surface area contributed by atoms with Gasteiger partial charge in [0.25, 0.3) is 0 Å². The van der Waals surface area contributed by atoms with Crippen LogP contribution in [0.15, 0.2) is 48.5 Å². The molecule has 0 bridgehead atoms. The lowest BCUT2D eigenvalue weighted by Gasteiger charge is -2.15. The molecule has 0 heterocycles. The van der Waals surface area contributed by atoms with Gasteiger partial charge in [0.2, 0.25) is 0 Å². The molecule has 0 unspecified atom stereocenters. The second kappa shape index (κ2) is 7.98. The lowest BCUT2D eigenvalue weighted by molar-refractivity contribution is 0.309. The van der Waals surface area contributed by atoms with Crippen LogP contribution in [0.2, 0.25) is 25.7 Å². The summed E-state index contributed by atoms with van der Waals surface area (Å²) in [6.45, 7) is 8.03. The third-order valence-electron chi connectivity index (χ3n) is 3.79. The zero-order valence-electron chi connectivity index (χ0n) is 14.3. The number of benzene rings is 2. The maximum Gasteiger partial charge on any atom is 0.119 e. The first-order valence-corrected chi connectivity index (χ1v) is 11.9. The Morgan fingerprint density at radius 1 is 0.870 bits per heavy atom. The molecule has 0 aliphatic rings. The fraction of sp³-hybridized carbons (Fsp3) is 0.350. The molecule has 0 atom stereocenters. The third-order valence-corrected chi connectivity index (χ3v) is 5.65. The average Bonchev–Trinajstić information content (AvgIpc) is 2.54. The lowest BCUT2D eigenvalue weighted by Crippen LogP contribution is -2.18. The van der Waals surface area contributed by atoms with Crippen LogP contribution in [0.4, 0.5) is 0 Å². The minimum absolute atomic E-state index is 0.687. The molecule has 0 aliphatic carbocycles. The van der Waals surface area contributed by atoms with Gasteiger partial charge in [-0.15, -0.1) is 0 Å². The Hall–Kier alpha value is -2.05. The number of hydrogen-bond donors (Lipinski definition) is 0. The summed E-state index contributed by atoms with van der Waals surface area (Å²) in [4.78, 5) is 0. The van der Waals surface area contributed by atoms with E-state index in [2.05, 4.69) is 37.8 Å². The van der Waals surface area contributed by atoms with E-state index in [0.717, 1.165) is 29.9 Å². The highest BCUT2D eigenvalue weighted by atomic mass is 28.3. The summed E-state index contributed by atoms with van der Waals surface area (Å²) in [6, 6.07) is 19.3. The molecule has 23 heavy (non-hydrogen) atoms. The van der Waals surface area contributed by atoms with E-state index in [1.807, 2.05) is 36.4 Å². The van der Waals surface area contributed by atoms with Crippen LogP contribution in [0.5, 0.6) is 5.75 Å². The van der Waals surface area contributed by atoms with E-state index in [1.54, 1.807) is 0 Å². The van der Waals surface area contributed by atoms with E-state index < -0.39 is 8.07 Å². The van der Waals surface area contributed by atoms with Crippen molar-refractivity contribution in [3.05, 3.63) is 54.1 Å². The molecule has 0 N–H and O–H groups in total. The van der Waals surface area contributed by atoms with Crippen molar-refractivity contribution in [1.29, 1.82) is 5.26 Å². The summed E-state index contributed by atoms with van der Waals surface area (Å²) in [6.07, 6.45) is 2.39. The van der Waals surface area contributed by atoms with Gasteiger partial charge >= 0.3 is 0 Å². The van der Waals surface area contributed by atoms with E-state index in [1.165, 1.54) is 12.5 Å². The topological polar surface area (TPSA) is 33.0 Å². The summed E-state index contributed by atoms with van der Waals surface area (Å²) in [5.74, 6) is 0.926. The molecule has 0 aliphatic heterocycles. The van der Waals surface area contributed by atoms with Crippen molar-refractivity contribution in [2.75, 3.05) is 6.61 Å². The Labute approximate surface area is 140 Å². The summed E-state index contributed by atoms with van der Waals surface area (Å²) in [5.41, 5.74) is 2.94. The minimum atomic E-state index is -0.914. The molecule has 2 nitrogen and oxygen atoms in total. The maximum absolute atomic E-state index is 8.84. The van der Waals surface area contributed by atoms with Crippen LogP contribution in [-0.4, -0.2) is 14.7 Å². The molecule has 2 aromatic carbocycles. The molecular formula is C20H25NOSi. The predicted octanol–water partition coefficient (Wildman–Crippen LogP) is 5.72. The molecule has 0 aromatic heterocycles. The number of ether oxygens (including phenoxy) is 1. The third kappa shape index (κ3) is 5.92. The summed E-state index contributed by atoms with van der Waals surface area (Å²) < 4.78 is 5.82. The highest BCUT2D eigenvalue weighted by Gasteiger charge is 2.11. The molecule has 2 rings (SSSR count). The molecule has 120 valence electrons. The van der Waals surface area contributed by atoms with Gasteiger partial charge in [-0.2, -0.15) is 5.26 Å². The molecular weight excluding hydrogens is 298 g/mol. The van der Waals surface area contributed by atoms with Crippen LogP contribution in [0.25, 0.3) is 11.1 Å². The van der Waals surface area contributed by atoms with Gasteiger partial charge in [0.15, 0.2) is 0 Å². The molecule has 0 radical (unpaired) electrons. The number of nitriles is 1. The molecule has 3 heteroatoms. The number of nitrogens with zero attached hydrogens (tertiary/aromatic N) is 1. The largest absolute Gasteiger partial charge is 0.494 e. The van der Waals surface area contributed by atoms with E-state index >= 15 is 0 Å². The second-order valence-electron chi connectivity index (χ2n) is 7.08. The maximum atomic E-state index is 8.84. The fourth-order valence-electron chi connectivity index (χ4n) is 2.43. The number of hydrogen-bond acceptors (Lipinski definition) is 2. The van der Waals surface area contributed by atoms with Crippen LogP contribution in [-0.2, 0) is 0 Å². The predicted molar refractivity (Wildman–Crippen MR) is 99.5 cm³/mol. The van der Waals surface area contributed by atoms with Gasteiger partial charge in [0, 0.05) is 8.07 Å². The highest BCUT2D eigenvalue weighted by Crippen LogP contribution is 2.23. The average molecular weight is 324 g/mol. The zero-order chi connectivity index (χ0) is 16.7. The minimum Gasteiger partial charge on any atom is -0.494 e. The summed E-state index contributed by atoms with van der Waals surface area (Å²) >= 11 is 0. The van der Waals surface area contributed by atoms with Crippen LogP contribution in [0.3, 0.4) is 0 Å². The van der Waals surface area contributed by atoms with Crippen molar-refractivity contribution in [2.24, 2.45) is 0 Å².